The first-order valence-electron chi connectivity index (χ1n) is 5.50. The molecule has 0 spiro atoms. The third-order valence-corrected chi connectivity index (χ3v) is 3.44. The lowest BCUT2D eigenvalue weighted by Gasteiger charge is -2.02. The summed E-state index contributed by atoms with van der Waals surface area (Å²) < 4.78 is 0. The van der Waals surface area contributed by atoms with Crippen LogP contribution in [0, 0.1) is 0 Å². The van der Waals surface area contributed by atoms with Crippen LogP contribution in [0.1, 0.15) is 19.4 Å². The molecule has 0 unspecified atom stereocenters. The third-order valence-electron chi connectivity index (χ3n) is 2.21. The zero-order chi connectivity index (χ0) is 13.5. The molecule has 1 aromatic carbocycles. The molecule has 0 aromatic heterocycles. The van der Waals surface area contributed by atoms with Gasteiger partial charge in [-0.2, -0.15) is 0 Å². The van der Waals surface area contributed by atoms with Crippen LogP contribution in [-0.4, -0.2) is 21.7 Å². The first kappa shape index (κ1) is 14.4. The van der Waals surface area contributed by atoms with E-state index in [0.29, 0.717) is 10.7 Å². The van der Waals surface area contributed by atoms with E-state index in [9.17, 15) is 15.0 Å². The average molecular weight is 264 g/mol. The van der Waals surface area contributed by atoms with Gasteiger partial charge in [0, 0.05) is 11.3 Å². The van der Waals surface area contributed by atoms with E-state index in [1.165, 1.54) is 25.6 Å². The quantitative estimate of drug-likeness (QED) is 0.631. The highest BCUT2D eigenvalue weighted by atomic mass is 32.2. The minimum Gasteiger partial charge on any atom is -0.511 e. The van der Waals surface area contributed by atoms with Gasteiger partial charge < -0.3 is 10.2 Å². The summed E-state index contributed by atoms with van der Waals surface area (Å²) in [7, 11) is 0. The van der Waals surface area contributed by atoms with Gasteiger partial charge in [-0.15, -0.1) is 11.8 Å². The van der Waals surface area contributed by atoms with E-state index in [4.69, 9.17) is 0 Å². The SMILES string of the molecule is CC(=O)/C(SC/C=C/c1ccccc1O)=C(/C)O. The molecule has 0 fully saturated rings. The van der Waals surface area contributed by atoms with Crippen LogP contribution in [0.3, 0.4) is 0 Å². The second-order valence-electron chi connectivity index (χ2n) is 3.74. The van der Waals surface area contributed by atoms with Crippen molar-refractivity contribution in [1.82, 2.24) is 0 Å². The summed E-state index contributed by atoms with van der Waals surface area (Å²) in [6.45, 7) is 2.92. The Kier molecular flexibility index (Phi) is 5.52. The molecule has 0 heterocycles. The van der Waals surface area contributed by atoms with E-state index < -0.39 is 0 Å². The normalized spacial score (nSPS) is 12.6. The van der Waals surface area contributed by atoms with Crippen molar-refractivity contribution in [1.29, 1.82) is 0 Å². The second kappa shape index (κ2) is 6.91. The number of aromatic hydroxyl groups is 1. The topological polar surface area (TPSA) is 57.5 Å². The number of ketones is 1. The molecule has 1 rings (SSSR count). The number of hydrogen-bond donors (Lipinski definition) is 2. The predicted octanol–water partition coefficient (Wildman–Crippen LogP) is 3.52. The number of allylic oxidation sites excluding steroid dienone is 2. The van der Waals surface area contributed by atoms with Crippen LogP contribution in [0.4, 0.5) is 0 Å². The number of aliphatic hydroxyl groups excluding tert-OH is 1. The molecule has 0 atom stereocenters. The number of thioether (sulfide) groups is 1. The minimum atomic E-state index is -0.143. The number of rotatable bonds is 5. The lowest BCUT2D eigenvalue weighted by molar-refractivity contribution is -0.113. The van der Waals surface area contributed by atoms with Crippen molar-refractivity contribution in [2.24, 2.45) is 0 Å². The fraction of sp³-hybridized carbons (Fsp3) is 0.214. The van der Waals surface area contributed by atoms with Crippen LogP contribution in [0.15, 0.2) is 41.0 Å². The Morgan fingerprint density at radius 2 is 2.00 bits per heavy atom. The van der Waals surface area contributed by atoms with Crippen LogP contribution in [0.5, 0.6) is 5.75 Å². The lowest BCUT2D eigenvalue weighted by Crippen LogP contribution is -1.96. The molecule has 3 nitrogen and oxygen atoms in total. The molecule has 0 saturated carbocycles. The highest BCUT2D eigenvalue weighted by Crippen LogP contribution is 2.21. The van der Waals surface area contributed by atoms with Gasteiger partial charge in [0.25, 0.3) is 0 Å². The van der Waals surface area contributed by atoms with E-state index in [1.54, 1.807) is 24.3 Å². The first-order valence-corrected chi connectivity index (χ1v) is 6.49. The molecule has 0 amide bonds. The molecule has 1 aromatic rings. The van der Waals surface area contributed by atoms with Crippen molar-refractivity contribution in [3.8, 4) is 5.75 Å². The number of phenolic OH excluding ortho intramolecular Hbond substituents is 1. The van der Waals surface area contributed by atoms with Crippen molar-refractivity contribution in [2.75, 3.05) is 5.75 Å². The molecule has 0 aliphatic rings. The minimum absolute atomic E-state index is 0.0449. The molecule has 0 radical (unpaired) electrons. The zero-order valence-corrected chi connectivity index (χ0v) is 11.2. The zero-order valence-electron chi connectivity index (χ0n) is 10.4. The van der Waals surface area contributed by atoms with Crippen molar-refractivity contribution in [2.45, 2.75) is 13.8 Å². The maximum Gasteiger partial charge on any atom is 0.169 e. The van der Waals surface area contributed by atoms with Gasteiger partial charge in [0.15, 0.2) is 5.78 Å². The van der Waals surface area contributed by atoms with Crippen molar-refractivity contribution in [3.05, 3.63) is 46.6 Å². The summed E-state index contributed by atoms with van der Waals surface area (Å²) in [4.78, 5) is 11.6. The molecule has 0 saturated heterocycles. The Balaban J connectivity index is 2.60. The Morgan fingerprint density at radius 1 is 1.33 bits per heavy atom. The molecule has 2 N–H and O–H groups in total. The van der Waals surface area contributed by atoms with Crippen molar-refractivity contribution >= 4 is 23.6 Å². The Morgan fingerprint density at radius 3 is 2.56 bits per heavy atom. The van der Waals surface area contributed by atoms with Gasteiger partial charge >= 0.3 is 0 Å². The Labute approximate surface area is 111 Å². The van der Waals surface area contributed by atoms with Crippen LogP contribution in [-0.2, 0) is 4.79 Å². The Bertz CT molecular complexity index is 486. The molecule has 18 heavy (non-hydrogen) atoms. The van der Waals surface area contributed by atoms with E-state index in [2.05, 4.69) is 0 Å². The number of aliphatic hydroxyl groups is 1. The van der Waals surface area contributed by atoms with Crippen molar-refractivity contribution < 1.29 is 15.0 Å². The molecule has 0 bridgehead atoms. The second-order valence-corrected chi connectivity index (χ2v) is 4.77. The monoisotopic (exact) mass is 264 g/mol. The number of phenols is 1. The molecule has 0 aliphatic heterocycles. The Hall–Kier alpha value is -1.68. The van der Waals surface area contributed by atoms with Crippen molar-refractivity contribution in [3.63, 3.8) is 0 Å². The predicted molar refractivity (Wildman–Crippen MR) is 75.6 cm³/mol. The maximum atomic E-state index is 11.2. The van der Waals surface area contributed by atoms with Gasteiger partial charge in [0.1, 0.15) is 11.5 Å². The first-order chi connectivity index (χ1) is 8.52. The van der Waals surface area contributed by atoms with E-state index in [-0.39, 0.29) is 17.3 Å². The summed E-state index contributed by atoms with van der Waals surface area (Å²) >= 11 is 1.27. The molecular formula is C14H16O3S. The van der Waals surface area contributed by atoms with Crippen LogP contribution in [0.25, 0.3) is 6.08 Å². The van der Waals surface area contributed by atoms with Gasteiger partial charge in [0.05, 0.1) is 4.91 Å². The number of benzene rings is 1. The van der Waals surface area contributed by atoms with Gasteiger partial charge in [0.2, 0.25) is 0 Å². The number of carbonyl (C=O) groups excluding carboxylic acids is 1. The van der Waals surface area contributed by atoms with Gasteiger partial charge in [-0.1, -0.05) is 30.4 Å². The fourth-order valence-corrected chi connectivity index (χ4v) is 2.17. The largest absolute Gasteiger partial charge is 0.511 e. The summed E-state index contributed by atoms with van der Waals surface area (Å²) in [5.74, 6) is 0.681. The van der Waals surface area contributed by atoms with Gasteiger partial charge in [-0.25, -0.2) is 0 Å². The third kappa shape index (κ3) is 4.30. The molecule has 0 aliphatic carbocycles. The molecular weight excluding hydrogens is 248 g/mol. The summed E-state index contributed by atoms with van der Waals surface area (Å²) in [5, 5.41) is 18.9. The lowest BCUT2D eigenvalue weighted by atomic mass is 10.2. The standard InChI is InChI=1S/C14H16O3S/c1-10(15)14(11(2)16)18-9-5-7-12-6-3-4-8-13(12)17/h3-8,15,17H,9H2,1-2H3/b7-5+,14-10+. The fourth-order valence-electron chi connectivity index (χ4n) is 1.40. The smallest absolute Gasteiger partial charge is 0.169 e. The number of hydrogen-bond acceptors (Lipinski definition) is 4. The van der Waals surface area contributed by atoms with Crippen LogP contribution >= 0.6 is 11.8 Å². The van der Waals surface area contributed by atoms with Gasteiger partial charge in [-0.3, -0.25) is 4.79 Å². The summed E-state index contributed by atoms with van der Waals surface area (Å²) in [6.07, 6.45) is 3.62. The molecule has 4 heteroatoms. The average Bonchev–Trinajstić information content (AvgIpc) is 2.30. The van der Waals surface area contributed by atoms with E-state index >= 15 is 0 Å². The molecule has 96 valence electrons. The van der Waals surface area contributed by atoms with Crippen LogP contribution < -0.4 is 0 Å². The number of carbonyl (C=O) groups is 1. The number of Topliss-reactive ketones (excluding diaryl/α,β-unsaturated/α-hetero) is 1. The van der Waals surface area contributed by atoms with E-state index in [0.717, 1.165) is 5.56 Å². The maximum absolute atomic E-state index is 11.2. The van der Waals surface area contributed by atoms with Gasteiger partial charge in [-0.05, 0) is 19.9 Å². The summed E-state index contributed by atoms with van der Waals surface area (Å²) in [5.41, 5.74) is 0.729. The highest BCUT2D eigenvalue weighted by molar-refractivity contribution is 8.04. The summed E-state index contributed by atoms with van der Waals surface area (Å²) in [6, 6.07) is 7.01. The number of para-hydroxylation sites is 1. The van der Waals surface area contributed by atoms with Crippen LogP contribution in [0.2, 0.25) is 0 Å². The highest BCUT2D eigenvalue weighted by Gasteiger charge is 2.07. The van der Waals surface area contributed by atoms with E-state index in [1.807, 2.05) is 12.1 Å².